The van der Waals surface area contributed by atoms with Gasteiger partial charge in [0.2, 0.25) is 0 Å². The maximum atomic E-state index is 5.65. The summed E-state index contributed by atoms with van der Waals surface area (Å²) in [5.41, 5.74) is 0. The average Bonchev–Trinajstić information content (AvgIpc) is 2.41. The molecule has 0 amide bonds. The van der Waals surface area contributed by atoms with Crippen LogP contribution < -0.4 is 0 Å². The summed E-state index contributed by atoms with van der Waals surface area (Å²) >= 11 is 0. The highest BCUT2D eigenvalue weighted by Crippen LogP contribution is 2.27. The lowest BCUT2D eigenvalue weighted by Gasteiger charge is -2.31. The van der Waals surface area contributed by atoms with E-state index in [2.05, 4.69) is 13.8 Å². The highest BCUT2D eigenvalue weighted by molar-refractivity contribution is 4.69. The minimum absolute atomic E-state index is 0.319. The van der Waals surface area contributed by atoms with Crippen LogP contribution in [0.5, 0.6) is 0 Å². The lowest BCUT2D eigenvalue weighted by atomic mass is 9.99. The smallest absolute Gasteiger partial charge is 0.167 e. The van der Waals surface area contributed by atoms with Gasteiger partial charge in [-0.25, -0.2) is 0 Å². The number of ether oxygens (including phenoxy) is 2. The van der Waals surface area contributed by atoms with Gasteiger partial charge < -0.3 is 9.47 Å². The van der Waals surface area contributed by atoms with Crippen molar-refractivity contribution in [3.63, 3.8) is 0 Å². The minimum Gasteiger partial charge on any atom is -0.353 e. The Kier molecular flexibility index (Phi) is 11.9. The second kappa shape index (κ2) is 12.0. The Balaban J connectivity index is 3.85. The molecule has 0 rings (SSSR count). The summed E-state index contributed by atoms with van der Waals surface area (Å²) in [5.74, 6) is -0.319. The first-order chi connectivity index (χ1) is 8.74. The molecule has 0 N–H and O–H groups in total. The van der Waals surface area contributed by atoms with Crippen LogP contribution in [0.4, 0.5) is 0 Å². The molecule has 110 valence electrons. The second-order valence-corrected chi connectivity index (χ2v) is 5.29. The van der Waals surface area contributed by atoms with Crippen LogP contribution in [0.15, 0.2) is 0 Å². The van der Waals surface area contributed by atoms with Crippen molar-refractivity contribution in [1.29, 1.82) is 0 Å². The quantitative estimate of drug-likeness (QED) is 0.329. The molecule has 0 aliphatic carbocycles. The SMILES string of the molecule is CCCCCCCC(CCCCCC)(OC)OC. The third-order valence-corrected chi connectivity index (χ3v) is 3.82. The minimum atomic E-state index is -0.319. The van der Waals surface area contributed by atoms with Crippen LogP contribution in [0.3, 0.4) is 0 Å². The Morgan fingerprint density at radius 3 is 1.39 bits per heavy atom. The summed E-state index contributed by atoms with van der Waals surface area (Å²) < 4.78 is 11.3. The molecule has 0 spiro atoms. The van der Waals surface area contributed by atoms with Crippen LogP contribution in [-0.2, 0) is 9.47 Å². The maximum Gasteiger partial charge on any atom is 0.167 e. The Labute approximate surface area is 114 Å². The van der Waals surface area contributed by atoms with Gasteiger partial charge in [0.05, 0.1) is 0 Å². The van der Waals surface area contributed by atoms with Crippen molar-refractivity contribution in [3.8, 4) is 0 Å². The van der Waals surface area contributed by atoms with Crippen LogP contribution in [-0.4, -0.2) is 20.0 Å². The average molecular weight is 258 g/mol. The number of rotatable bonds is 13. The molecule has 0 aromatic carbocycles. The van der Waals surface area contributed by atoms with E-state index in [1.807, 2.05) is 0 Å². The van der Waals surface area contributed by atoms with E-state index in [1.165, 1.54) is 57.8 Å². The van der Waals surface area contributed by atoms with E-state index in [9.17, 15) is 0 Å². The van der Waals surface area contributed by atoms with Crippen LogP contribution in [0, 0.1) is 0 Å². The summed E-state index contributed by atoms with van der Waals surface area (Å²) in [7, 11) is 3.57. The Morgan fingerprint density at radius 1 is 0.611 bits per heavy atom. The highest BCUT2D eigenvalue weighted by Gasteiger charge is 2.27. The molecule has 0 aliphatic rings. The van der Waals surface area contributed by atoms with Crippen LogP contribution in [0.2, 0.25) is 0 Å². The summed E-state index contributed by atoms with van der Waals surface area (Å²) in [6.07, 6.45) is 13.7. The zero-order chi connectivity index (χ0) is 13.7. The lowest BCUT2D eigenvalue weighted by Crippen LogP contribution is -2.33. The fourth-order valence-electron chi connectivity index (χ4n) is 2.44. The van der Waals surface area contributed by atoms with Crippen molar-refractivity contribution < 1.29 is 9.47 Å². The molecule has 0 heterocycles. The van der Waals surface area contributed by atoms with E-state index >= 15 is 0 Å². The standard InChI is InChI=1S/C16H34O2/c1-5-7-9-11-13-15-16(17-3,18-4)14-12-10-8-6-2/h5-15H2,1-4H3. The molecule has 0 aromatic rings. The molecule has 0 radical (unpaired) electrons. The van der Waals surface area contributed by atoms with Gasteiger partial charge >= 0.3 is 0 Å². The molecule has 0 saturated carbocycles. The van der Waals surface area contributed by atoms with E-state index in [1.54, 1.807) is 14.2 Å². The monoisotopic (exact) mass is 258 g/mol. The molecule has 2 nitrogen and oxygen atoms in total. The van der Waals surface area contributed by atoms with Crippen molar-refractivity contribution in [2.75, 3.05) is 14.2 Å². The molecule has 0 atom stereocenters. The van der Waals surface area contributed by atoms with E-state index in [0.717, 1.165) is 12.8 Å². The lowest BCUT2D eigenvalue weighted by molar-refractivity contribution is -0.216. The largest absolute Gasteiger partial charge is 0.353 e. The molecule has 0 fully saturated rings. The number of hydrogen-bond acceptors (Lipinski definition) is 2. The van der Waals surface area contributed by atoms with E-state index in [0.29, 0.717) is 0 Å². The predicted octanol–water partition coefficient (Wildman–Crippen LogP) is 5.31. The van der Waals surface area contributed by atoms with Crippen molar-refractivity contribution >= 4 is 0 Å². The van der Waals surface area contributed by atoms with Gasteiger partial charge in [0.1, 0.15) is 0 Å². The summed E-state index contributed by atoms with van der Waals surface area (Å²) in [4.78, 5) is 0. The van der Waals surface area contributed by atoms with Gasteiger partial charge in [-0.2, -0.15) is 0 Å². The maximum absolute atomic E-state index is 5.65. The van der Waals surface area contributed by atoms with Crippen LogP contribution >= 0.6 is 0 Å². The van der Waals surface area contributed by atoms with Crippen LogP contribution in [0.1, 0.15) is 84.5 Å². The van der Waals surface area contributed by atoms with E-state index in [-0.39, 0.29) is 5.79 Å². The molecule has 0 saturated heterocycles. The van der Waals surface area contributed by atoms with Gasteiger partial charge in [0, 0.05) is 27.1 Å². The van der Waals surface area contributed by atoms with Crippen molar-refractivity contribution in [2.24, 2.45) is 0 Å². The van der Waals surface area contributed by atoms with Gasteiger partial charge in [-0.05, 0) is 12.8 Å². The summed E-state index contributed by atoms with van der Waals surface area (Å²) in [6.45, 7) is 4.50. The number of methoxy groups -OCH3 is 2. The van der Waals surface area contributed by atoms with Gasteiger partial charge in [0.25, 0.3) is 0 Å². The van der Waals surface area contributed by atoms with Crippen molar-refractivity contribution in [1.82, 2.24) is 0 Å². The van der Waals surface area contributed by atoms with Gasteiger partial charge in [-0.3, -0.25) is 0 Å². The summed E-state index contributed by atoms with van der Waals surface area (Å²) in [6, 6.07) is 0. The molecular weight excluding hydrogens is 224 g/mol. The first kappa shape index (κ1) is 17.9. The van der Waals surface area contributed by atoms with Gasteiger partial charge in [-0.15, -0.1) is 0 Å². The topological polar surface area (TPSA) is 18.5 Å². The van der Waals surface area contributed by atoms with E-state index in [4.69, 9.17) is 9.47 Å². The second-order valence-electron chi connectivity index (χ2n) is 5.29. The predicted molar refractivity (Wildman–Crippen MR) is 78.9 cm³/mol. The third kappa shape index (κ3) is 8.10. The van der Waals surface area contributed by atoms with E-state index < -0.39 is 0 Å². The van der Waals surface area contributed by atoms with Crippen LogP contribution in [0.25, 0.3) is 0 Å². The molecule has 18 heavy (non-hydrogen) atoms. The number of unbranched alkanes of at least 4 members (excludes halogenated alkanes) is 7. The highest BCUT2D eigenvalue weighted by atomic mass is 16.7. The Bertz CT molecular complexity index is 164. The Hall–Kier alpha value is -0.0800. The first-order valence-electron chi connectivity index (χ1n) is 7.85. The summed E-state index contributed by atoms with van der Waals surface area (Å²) in [5, 5.41) is 0. The molecular formula is C16H34O2. The fraction of sp³-hybridized carbons (Fsp3) is 1.00. The normalized spacial score (nSPS) is 12.0. The first-order valence-corrected chi connectivity index (χ1v) is 7.85. The fourth-order valence-corrected chi connectivity index (χ4v) is 2.44. The zero-order valence-corrected chi connectivity index (χ0v) is 13.1. The zero-order valence-electron chi connectivity index (χ0n) is 13.1. The van der Waals surface area contributed by atoms with Crippen molar-refractivity contribution in [3.05, 3.63) is 0 Å². The van der Waals surface area contributed by atoms with Gasteiger partial charge in [0.15, 0.2) is 5.79 Å². The van der Waals surface area contributed by atoms with Crippen molar-refractivity contribution in [2.45, 2.75) is 90.3 Å². The molecule has 0 aliphatic heterocycles. The molecule has 0 bridgehead atoms. The third-order valence-electron chi connectivity index (χ3n) is 3.82. The molecule has 2 heteroatoms. The number of hydrogen-bond donors (Lipinski definition) is 0. The molecule has 0 unspecified atom stereocenters. The Morgan fingerprint density at radius 2 is 1.00 bits per heavy atom. The molecule has 0 aromatic heterocycles. The van der Waals surface area contributed by atoms with Gasteiger partial charge in [-0.1, -0.05) is 58.8 Å².